The minimum atomic E-state index is -0.486. The van der Waals surface area contributed by atoms with Gasteiger partial charge in [0.25, 0.3) is 0 Å². The van der Waals surface area contributed by atoms with Crippen molar-refractivity contribution in [2.45, 2.75) is 13.8 Å². The van der Waals surface area contributed by atoms with Crippen molar-refractivity contribution in [3.63, 3.8) is 0 Å². The van der Waals surface area contributed by atoms with Crippen molar-refractivity contribution >= 4 is 23.0 Å². The van der Waals surface area contributed by atoms with E-state index >= 15 is 0 Å². The van der Waals surface area contributed by atoms with Crippen molar-refractivity contribution in [3.8, 4) is 0 Å². The van der Waals surface area contributed by atoms with Crippen LogP contribution in [-0.4, -0.2) is 9.91 Å². The first-order valence-electron chi connectivity index (χ1n) is 5.73. The van der Waals surface area contributed by atoms with Crippen molar-refractivity contribution in [1.82, 2.24) is 4.98 Å². The Hall–Kier alpha value is -2.63. The number of anilines is 3. The van der Waals surface area contributed by atoms with E-state index in [1.54, 1.807) is 0 Å². The monoisotopic (exact) mass is 258 g/mol. The first kappa shape index (κ1) is 12.8. The van der Waals surface area contributed by atoms with Crippen molar-refractivity contribution in [1.29, 1.82) is 0 Å². The summed E-state index contributed by atoms with van der Waals surface area (Å²) in [4.78, 5) is 14.5. The van der Waals surface area contributed by atoms with Crippen LogP contribution < -0.4 is 11.1 Å². The van der Waals surface area contributed by atoms with Gasteiger partial charge in [0.05, 0.1) is 4.92 Å². The van der Waals surface area contributed by atoms with Gasteiger partial charge in [-0.25, -0.2) is 4.98 Å². The number of hydrogen-bond donors (Lipinski definition) is 2. The maximum absolute atomic E-state index is 11.0. The SMILES string of the molecule is Cc1cccc(Nc2nc(N)ccc2[N+](=O)[O-])c1C. The van der Waals surface area contributed by atoms with E-state index in [-0.39, 0.29) is 17.3 Å². The molecule has 98 valence electrons. The largest absolute Gasteiger partial charge is 0.384 e. The first-order valence-corrected chi connectivity index (χ1v) is 5.73. The van der Waals surface area contributed by atoms with Crippen molar-refractivity contribution < 1.29 is 4.92 Å². The number of nitrogens with zero attached hydrogens (tertiary/aromatic N) is 2. The van der Waals surface area contributed by atoms with Crippen LogP contribution in [0.1, 0.15) is 11.1 Å². The van der Waals surface area contributed by atoms with Crippen LogP contribution in [-0.2, 0) is 0 Å². The number of nitrogens with one attached hydrogen (secondary N) is 1. The molecule has 3 N–H and O–H groups in total. The molecule has 1 aromatic carbocycles. The third-order valence-corrected chi connectivity index (χ3v) is 2.95. The molecule has 6 heteroatoms. The van der Waals surface area contributed by atoms with Gasteiger partial charge in [0, 0.05) is 11.8 Å². The highest BCUT2D eigenvalue weighted by molar-refractivity contribution is 5.69. The third kappa shape index (κ3) is 2.62. The molecule has 0 aliphatic heterocycles. The standard InChI is InChI=1S/C13H14N4O2/c1-8-4-3-5-10(9(8)2)15-13-11(17(18)19)6-7-12(14)16-13/h3-7H,1-2H3,(H3,14,15,16). The first-order chi connectivity index (χ1) is 8.99. The van der Waals surface area contributed by atoms with Crippen LogP contribution >= 0.6 is 0 Å². The lowest BCUT2D eigenvalue weighted by Gasteiger charge is -2.11. The summed E-state index contributed by atoms with van der Waals surface area (Å²) in [5.74, 6) is 0.386. The molecule has 0 spiro atoms. The van der Waals surface area contributed by atoms with Gasteiger partial charge in [-0.2, -0.15) is 0 Å². The van der Waals surface area contributed by atoms with Crippen molar-refractivity contribution in [3.05, 3.63) is 51.6 Å². The highest BCUT2D eigenvalue weighted by atomic mass is 16.6. The summed E-state index contributed by atoms with van der Waals surface area (Å²) >= 11 is 0. The molecule has 0 bridgehead atoms. The Kier molecular flexibility index (Phi) is 3.33. The summed E-state index contributed by atoms with van der Waals surface area (Å²) in [6.45, 7) is 3.91. The molecular weight excluding hydrogens is 244 g/mol. The number of nitrogens with two attached hydrogens (primary N) is 1. The van der Waals surface area contributed by atoms with Gasteiger partial charge >= 0.3 is 5.69 Å². The molecule has 1 aromatic heterocycles. The second-order valence-electron chi connectivity index (χ2n) is 4.23. The highest BCUT2D eigenvalue weighted by Crippen LogP contribution is 2.28. The normalized spacial score (nSPS) is 10.2. The second-order valence-corrected chi connectivity index (χ2v) is 4.23. The van der Waals surface area contributed by atoms with Gasteiger partial charge in [-0.3, -0.25) is 10.1 Å². The summed E-state index contributed by atoms with van der Waals surface area (Å²) in [6.07, 6.45) is 0. The Morgan fingerprint density at radius 1 is 1.26 bits per heavy atom. The molecule has 0 fully saturated rings. The topological polar surface area (TPSA) is 94.1 Å². The van der Waals surface area contributed by atoms with E-state index in [4.69, 9.17) is 5.73 Å². The Bertz CT molecular complexity index is 641. The number of nitro groups is 1. The van der Waals surface area contributed by atoms with Crippen LogP contribution in [0.5, 0.6) is 0 Å². The molecule has 0 aliphatic rings. The summed E-state index contributed by atoms with van der Waals surface area (Å²) in [7, 11) is 0. The summed E-state index contributed by atoms with van der Waals surface area (Å²) in [5.41, 5.74) is 8.36. The second kappa shape index (κ2) is 4.93. The summed E-state index contributed by atoms with van der Waals surface area (Å²) < 4.78 is 0. The third-order valence-electron chi connectivity index (χ3n) is 2.95. The van der Waals surface area contributed by atoms with Crippen molar-refractivity contribution in [2.24, 2.45) is 0 Å². The van der Waals surface area contributed by atoms with Crippen LogP contribution in [0.15, 0.2) is 30.3 Å². The average molecular weight is 258 g/mol. The molecule has 1 heterocycles. The Morgan fingerprint density at radius 2 is 2.00 bits per heavy atom. The Labute approximate surface area is 110 Å². The van der Waals surface area contributed by atoms with Crippen LogP contribution in [0.4, 0.5) is 23.0 Å². The minimum Gasteiger partial charge on any atom is -0.384 e. The van der Waals surface area contributed by atoms with E-state index in [9.17, 15) is 10.1 Å². The van der Waals surface area contributed by atoms with E-state index in [0.717, 1.165) is 16.8 Å². The summed E-state index contributed by atoms with van der Waals surface area (Å²) in [6, 6.07) is 8.45. The van der Waals surface area contributed by atoms with Crippen LogP contribution in [0.3, 0.4) is 0 Å². The lowest BCUT2D eigenvalue weighted by molar-refractivity contribution is -0.384. The average Bonchev–Trinajstić information content (AvgIpc) is 2.35. The highest BCUT2D eigenvalue weighted by Gasteiger charge is 2.16. The van der Waals surface area contributed by atoms with E-state index in [0.29, 0.717) is 0 Å². The number of benzene rings is 1. The molecule has 0 unspecified atom stereocenters. The van der Waals surface area contributed by atoms with E-state index in [1.165, 1.54) is 12.1 Å². The van der Waals surface area contributed by atoms with E-state index < -0.39 is 4.92 Å². The van der Waals surface area contributed by atoms with Crippen LogP contribution in [0.25, 0.3) is 0 Å². The smallest absolute Gasteiger partial charge is 0.311 e. The van der Waals surface area contributed by atoms with Gasteiger partial charge < -0.3 is 11.1 Å². The number of nitrogen functional groups attached to an aromatic ring is 1. The molecule has 0 aliphatic carbocycles. The molecule has 0 radical (unpaired) electrons. The van der Waals surface area contributed by atoms with Gasteiger partial charge in [0.15, 0.2) is 0 Å². The molecule has 2 aromatic rings. The molecule has 0 saturated carbocycles. The zero-order valence-corrected chi connectivity index (χ0v) is 10.7. The molecule has 0 amide bonds. The van der Waals surface area contributed by atoms with Crippen LogP contribution in [0, 0.1) is 24.0 Å². The molecule has 19 heavy (non-hydrogen) atoms. The number of pyridine rings is 1. The fraction of sp³-hybridized carbons (Fsp3) is 0.154. The predicted molar refractivity (Wildman–Crippen MR) is 74.5 cm³/mol. The number of rotatable bonds is 3. The van der Waals surface area contributed by atoms with E-state index in [1.807, 2.05) is 32.0 Å². The maximum atomic E-state index is 11.0. The molecule has 6 nitrogen and oxygen atoms in total. The molecule has 0 atom stereocenters. The predicted octanol–water partition coefficient (Wildman–Crippen LogP) is 2.93. The van der Waals surface area contributed by atoms with Gasteiger partial charge in [-0.1, -0.05) is 12.1 Å². The van der Waals surface area contributed by atoms with Crippen molar-refractivity contribution in [2.75, 3.05) is 11.1 Å². The van der Waals surface area contributed by atoms with Gasteiger partial charge in [-0.15, -0.1) is 0 Å². The van der Waals surface area contributed by atoms with Gasteiger partial charge in [-0.05, 0) is 37.1 Å². The number of aromatic nitrogens is 1. The van der Waals surface area contributed by atoms with Crippen LogP contribution in [0.2, 0.25) is 0 Å². The number of aryl methyl sites for hydroxylation is 1. The van der Waals surface area contributed by atoms with Gasteiger partial charge in [0.1, 0.15) is 5.82 Å². The quantitative estimate of drug-likeness (QED) is 0.652. The maximum Gasteiger partial charge on any atom is 0.311 e. The van der Waals surface area contributed by atoms with E-state index in [2.05, 4.69) is 10.3 Å². The molecular formula is C13H14N4O2. The molecule has 0 saturated heterocycles. The summed E-state index contributed by atoms with van der Waals surface area (Å²) in [5, 5.41) is 13.9. The Morgan fingerprint density at radius 3 is 2.68 bits per heavy atom. The van der Waals surface area contributed by atoms with Gasteiger partial charge in [0.2, 0.25) is 5.82 Å². The number of hydrogen-bond acceptors (Lipinski definition) is 5. The Balaban J connectivity index is 2.45. The zero-order chi connectivity index (χ0) is 14.0. The lowest BCUT2D eigenvalue weighted by Crippen LogP contribution is -2.03. The lowest BCUT2D eigenvalue weighted by atomic mass is 10.1. The zero-order valence-electron chi connectivity index (χ0n) is 10.7. The fourth-order valence-corrected chi connectivity index (χ4v) is 1.72. The fourth-order valence-electron chi connectivity index (χ4n) is 1.72. The minimum absolute atomic E-state index is 0.102. The molecule has 2 rings (SSSR count).